The molecule has 3 N–H and O–H groups in total. The van der Waals surface area contributed by atoms with E-state index in [1.165, 1.54) is 10.9 Å². The first-order chi connectivity index (χ1) is 14.5. The van der Waals surface area contributed by atoms with Gasteiger partial charge in [0.1, 0.15) is 0 Å². The predicted molar refractivity (Wildman–Crippen MR) is 122 cm³/mol. The number of aryl methyl sites for hydroxylation is 1. The van der Waals surface area contributed by atoms with Crippen LogP contribution in [0, 0.1) is 0 Å². The largest absolute Gasteiger partial charge is 0.361 e. The first kappa shape index (κ1) is 21.6. The van der Waals surface area contributed by atoms with Gasteiger partial charge in [0.05, 0.1) is 6.42 Å². The molecule has 0 aliphatic rings. The van der Waals surface area contributed by atoms with Gasteiger partial charge in [0.25, 0.3) is 0 Å². The number of nitrogens with one attached hydrogen (secondary N) is 3. The maximum atomic E-state index is 12.3. The molecular formula is C24H30N4O2. The van der Waals surface area contributed by atoms with Gasteiger partial charge < -0.3 is 20.5 Å². The van der Waals surface area contributed by atoms with Crippen LogP contribution in [0.25, 0.3) is 10.9 Å². The summed E-state index contributed by atoms with van der Waals surface area (Å²) in [5.41, 5.74) is 4.05. The van der Waals surface area contributed by atoms with Crippen LogP contribution in [0.4, 0.5) is 5.69 Å². The van der Waals surface area contributed by atoms with E-state index in [-0.39, 0.29) is 11.8 Å². The zero-order valence-electron chi connectivity index (χ0n) is 17.7. The lowest BCUT2D eigenvalue weighted by molar-refractivity contribution is -0.120. The lowest BCUT2D eigenvalue weighted by Gasteiger charge is -2.10. The van der Waals surface area contributed by atoms with Crippen molar-refractivity contribution in [2.45, 2.75) is 25.7 Å². The molecule has 3 rings (SSSR count). The van der Waals surface area contributed by atoms with E-state index in [1.54, 1.807) is 0 Å². The highest BCUT2D eigenvalue weighted by Crippen LogP contribution is 2.19. The number of carbonyl (C=O) groups is 2. The molecule has 3 aromatic rings. The van der Waals surface area contributed by atoms with Crippen molar-refractivity contribution >= 4 is 28.4 Å². The number of rotatable bonds is 10. The lowest BCUT2D eigenvalue weighted by Crippen LogP contribution is -2.32. The average Bonchev–Trinajstić information content (AvgIpc) is 3.12. The number of likely N-dealkylation sites (N-methyl/N-ethyl adjacent to an activating group) is 1. The minimum Gasteiger partial charge on any atom is -0.361 e. The lowest BCUT2D eigenvalue weighted by atomic mass is 10.1. The summed E-state index contributed by atoms with van der Waals surface area (Å²) in [6, 6.07) is 15.7. The number of benzene rings is 2. The number of H-pyrrole nitrogens is 1. The molecule has 2 amide bonds. The summed E-state index contributed by atoms with van der Waals surface area (Å²) < 4.78 is 0. The minimum atomic E-state index is 0.00372. The summed E-state index contributed by atoms with van der Waals surface area (Å²) in [4.78, 5) is 29.5. The summed E-state index contributed by atoms with van der Waals surface area (Å²) in [7, 11) is 3.95. The summed E-state index contributed by atoms with van der Waals surface area (Å²) in [6.45, 7) is 1.45. The standard InChI is InChI=1S/C24H30N4O2/c1-28(2)15-14-25-24(30)16-18-10-12-20(13-11-18)27-23(29)9-5-6-19-17-26-22-8-4-3-7-21(19)22/h3-4,7-8,10-13,17,26H,5-6,9,14-16H2,1-2H3,(H,25,30)(H,27,29). The van der Waals surface area contributed by atoms with Gasteiger partial charge in [0.15, 0.2) is 0 Å². The van der Waals surface area contributed by atoms with Crippen LogP contribution in [-0.4, -0.2) is 48.9 Å². The van der Waals surface area contributed by atoms with Crippen LogP contribution in [0.5, 0.6) is 0 Å². The van der Waals surface area contributed by atoms with E-state index < -0.39 is 0 Å². The van der Waals surface area contributed by atoms with E-state index in [4.69, 9.17) is 0 Å². The molecule has 1 heterocycles. The maximum absolute atomic E-state index is 12.3. The molecule has 6 heteroatoms. The van der Waals surface area contributed by atoms with Gasteiger partial charge in [-0.3, -0.25) is 9.59 Å². The molecule has 1 aromatic heterocycles. The molecule has 0 unspecified atom stereocenters. The molecule has 0 aliphatic carbocycles. The second-order valence-electron chi connectivity index (χ2n) is 7.79. The number of hydrogen-bond donors (Lipinski definition) is 3. The van der Waals surface area contributed by atoms with Crippen molar-refractivity contribution in [2.24, 2.45) is 0 Å². The SMILES string of the molecule is CN(C)CCNC(=O)Cc1ccc(NC(=O)CCCc2c[nH]c3ccccc23)cc1. The Morgan fingerprint density at radius 1 is 1.00 bits per heavy atom. The Morgan fingerprint density at radius 3 is 2.53 bits per heavy atom. The number of fused-ring (bicyclic) bond motifs is 1. The third-order valence-corrected chi connectivity index (χ3v) is 5.01. The third kappa shape index (κ3) is 6.46. The molecule has 0 radical (unpaired) electrons. The molecule has 0 saturated heterocycles. The van der Waals surface area contributed by atoms with Crippen molar-refractivity contribution in [1.29, 1.82) is 0 Å². The highest BCUT2D eigenvalue weighted by atomic mass is 16.2. The first-order valence-electron chi connectivity index (χ1n) is 10.4. The Kier molecular flexibility index (Phi) is 7.63. The first-order valence-corrected chi connectivity index (χ1v) is 10.4. The quantitative estimate of drug-likeness (QED) is 0.483. The van der Waals surface area contributed by atoms with E-state index in [2.05, 4.69) is 27.8 Å². The molecule has 0 fully saturated rings. The van der Waals surface area contributed by atoms with E-state index in [0.29, 0.717) is 19.4 Å². The molecule has 158 valence electrons. The second kappa shape index (κ2) is 10.6. The molecular weight excluding hydrogens is 376 g/mol. The van der Waals surface area contributed by atoms with Crippen LogP contribution in [-0.2, 0) is 22.4 Å². The fourth-order valence-corrected chi connectivity index (χ4v) is 3.37. The number of nitrogens with zero attached hydrogens (tertiary/aromatic N) is 1. The summed E-state index contributed by atoms with van der Waals surface area (Å²) in [6.07, 6.45) is 4.48. The van der Waals surface area contributed by atoms with Crippen molar-refractivity contribution < 1.29 is 9.59 Å². The number of hydrogen-bond acceptors (Lipinski definition) is 3. The van der Waals surface area contributed by atoms with Gasteiger partial charge in [0.2, 0.25) is 11.8 Å². The monoisotopic (exact) mass is 406 g/mol. The van der Waals surface area contributed by atoms with E-state index in [9.17, 15) is 9.59 Å². The molecule has 2 aromatic carbocycles. The molecule has 30 heavy (non-hydrogen) atoms. The van der Waals surface area contributed by atoms with Gasteiger partial charge in [-0.1, -0.05) is 30.3 Å². The van der Waals surface area contributed by atoms with Crippen LogP contribution in [0.1, 0.15) is 24.0 Å². The van der Waals surface area contributed by atoms with Crippen molar-refractivity contribution in [3.05, 3.63) is 65.9 Å². The zero-order valence-corrected chi connectivity index (χ0v) is 17.7. The fourth-order valence-electron chi connectivity index (χ4n) is 3.37. The number of para-hydroxylation sites is 1. The Balaban J connectivity index is 1.40. The summed E-state index contributed by atoms with van der Waals surface area (Å²) >= 11 is 0. The van der Waals surface area contributed by atoms with Gasteiger partial charge in [0, 0.05) is 42.3 Å². The normalized spacial score (nSPS) is 11.0. The molecule has 0 bridgehead atoms. The van der Waals surface area contributed by atoms with Gasteiger partial charge in [-0.05, 0) is 56.3 Å². The second-order valence-corrected chi connectivity index (χ2v) is 7.79. The van der Waals surface area contributed by atoms with Crippen LogP contribution in [0.15, 0.2) is 54.7 Å². The van der Waals surface area contributed by atoms with E-state index >= 15 is 0 Å². The Morgan fingerprint density at radius 2 is 1.77 bits per heavy atom. The molecule has 0 spiro atoms. The van der Waals surface area contributed by atoms with E-state index in [0.717, 1.165) is 36.2 Å². The van der Waals surface area contributed by atoms with Crippen molar-refractivity contribution in [3.8, 4) is 0 Å². The number of anilines is 1. The van der Waals surface area contributed by atoms with Gasteiger partial charge in [-0.25, -0.2) is 0 Å². The van der Waals surface area contributed by atoms with Crippen LogP contribution in [0.2, 0.25) is 0 Å². The molecule has 6 nitrogen and oxygen atoms in total. The molecule has 0 aliphatic heterocycles. The number of aromatic nitrogens is 1. The maximum Gasteiger partial charge on any atom is 0.224 e. The topological polar surface area (TPSA) is 77.2 Å². The van der Waals surface area contributed by atoms with Crippen molar-refractivity contribution in [3.63, 3.8) is 0 Å². The fraction of sp³-hybridized carbons (Fsp3) is 0.333. The Hall–Kier alpha value is -3.12. The Labute approximate surface area is 177 Å². The number of amides is 2. The van der Waals surface area contributed by atoms with Gasteiger partial charge in [-0.2, -0.15) is 0 Å². The highest BCUT2D eigenvalue weighted by molar-refractivity contribution is 5.91. The summed E-state index contributed by atoms with van der Waals surface area (Å²) in [5.74, 6) is 0.00920. The number of carbonyl (C=O) groups excluding carboxylic acids is 2. The van der Waals surface area contributed by atoms with Crippen LogP contribution < -0.4 is 10.6 Å². The van der Waals surface area contributed by atoms with Gasteiger partial charge >= 0.3 is 0 Å². The number of aromatic amines is 1. The zero-order chi connectivity index (χ0) is 21.3. The average molecular weight is 407 g/mol. The molecule has 0 saturated carbocycles. The highest BCUT2D eigenvalue weighted by Gasteiger charge is 2.07. The smallest absolute Gasteiger partial charge is 0.224 e. The van der Waals surface area contributed by atoms with Crippen LogP contribution >= 0.6 is 0 Å². The van der Waals surface area contributed by atoms with Gasteiger partial charge in [-0.15, -0.1) is 0 Å². The minimum absolute atomic E-state index is 0.00372. The van der Waals surface area contributed by atoms with Crippen molar-refractivity contribution in [1.82, 2.24) is 15.2 Å². The van der Waals surface area contributed by atoms with Crippen molar-refractivity contribution in [2.75, 3.05) is 32.5 Å². The summed E-state index contributed by atoms with van der Waals surface area (Å²) in [5, 5.41) is 7.06. The van der Waals surface area contributed by atoms with Crippen LogP contribution in [0.3, 0.4) is 0 Å². The molecule has 0 atom stereocenters. The predicted octanol–water partition coefficient (Wildman–Crippen LogP) is 3.35. The Bertz CT molecular complexity index is 976. The van der Waals surface area contributed by atoms with E-state index in [1.807, 2.05) is 61.6 Å². The third-order valence-electron chi connectivity index (χ3n) is 5.01.